The van der Waals surface area contributed by atoms with E-state index < -0.39 is 15.9 Å². The topological polar surface area (TPSA) is 122 Å². The molecular formula is C20H21N5O4S. The van der Waals surface area contributed by atoms with E-state index in [2.05, 4.69) is 20.5 Å². The van der Waals surface area contributed by atoms with E-state index in [1.807, 2.05) is 30.3 Å². The number of amides is 2. The predicted octanol–water partition coefficient (Wildman–Crippen LogP) is 2.51. The van der Waals surface area contributed by atoms with Crippen LogP contribution < -0.4 is 15.4 Å². The lowest BCUT2D eigenvalue weighted by Crippen LogP contribution is -2.18. The van der Waals surface area contributed by atoms with Gasteiger partial charge in [0.1, 0.15) is 0 Å². The number of benzene rings is 2. The molecule has 0 unspecified atom stereocenters. The molecule has 3 aromatic rings. The summed E-state index contributed by atoms with van der Waals surface area (Å²) in [5.74, 6) is -0.861. The van der Waals surface area contributed by atoms with Gasteiger partial charge >= 0.3 is 0 Å². The van der Waals surface area contributed by atoms with Gasteiger partial charge in [0, 0.05) is 18.8 Å². The van der Waals surface area contributed by atoms with Crippen LogP contribution >= 0.6 is 0 Å². The van der Waals surface area contributed by atoms with Gasteiger partial charge in [0.15, 0.2) is 0 Å². The molecule has 0 atom stereocenters. The van der Waals surface area contributed by atoms with Gasteiger partial charge in [0.05, 0.1) is 35.9 Å². The molecule has 9 nitrogen and oxygen atoms in total. The summed E-state index contributed by atoms with van der Waals surface area (Å²) in [6.45, 7) is 1.87. The number of hydrogen-bond donors (Lipinski definition) is 3. The molecule has 10 heteroatoms. The molecule has 2 amide bonds. The highest BCUT2D eigenvalue weighted by atomic mass is 32.2. The first-order valence-electron chi connectivity index (χ1n) is 8.97. The lowest BCUT2D eigenvalue weighted by Gasteiger charge is -2.12. The normalized spacial score (nSPS) is 11.0. The number of sulfonamides is 1. The summed E-state index contributed by atoms with van der Waals surface area (Å²) in [6.07, 6.45) is 4.17. The van der Waals surface area contributed by atoms with Crippen LogP contribution in [-0.4, -0.2) is 36.3 Å². The van der Waals surface area contributed by atoms with Crippen molar-refractivity contribution in [2.24, 2.45) is 0 Å². The maximum atomic E-state index is 12.8. The second-order valence-electron chi connectivity index (χ2n) is 6.68. The van der Waals surface area contributed by atoms with Gasteiger partial charge < -0.3 is 10.6 Å². The zero-order chi connectivity index (χ0) is 21.7. The second kappa shape index (κ2) is 8.78. The van der Waals surface area contributed by atoms with E-state index in [1.54, 1.807) is 10.9 Å². The van der Waals surface area contributed by atoms with Crippen LogP contribution in [0.4, 0.5) is 17.1 Å². The van der Waals surface area contributed by atoms with Gasteiger partial charge in [-0.15, -0.1) is 0 Å². The number of carbonyl (C=O) groups excluding carboxylic acids is 2. The molecule has 0 saturated carbocycles. The molecule has 0 aliphatic rings. The van der Waals surface area contributed by atoms with Crippen molar-refractivity contribution in [3.05, 3.63) is 72.1 Å². The van der Waals surface area contributed by atoms with Crippen molar-refractivity contribution < 1.29 is 18.0 Å². The Morgan fingerprint density at radius 3 is 2.43 bits per heavy atom. The van der Waals surface area contributed by atoms with Gasteiger partial charge in [-0.05, 0) is 23.8 Å². The fourth-order valence-electron chi connectivity index (χ4n) is 2.79. The highest BCUT2D eigenvalue weighted by Crippen LogP contribution is 2.23. The quantitative estimate of drug-likeness (QED) is 0.535. The lowest BCUT2D eigenvalue weighted by molar-refractivity contribution is -0.114. The molecule has 1 heterocycles. The molecule has 30 heavy (non-hydrogen) atoms. The maximum Gasteiger partial charge on any atom is 0.257 e. The summed E-state index contributed by atoms with van der Waals surface area (Å²) in [5.41, 5.74) is 2.03. The molecule has 3 N–H and O–H groups in total. The molecule has 2 aromatic carbocycles. The Morgan fingerprint density at radius 2 is 1.77 bits per heavy atom. The molecule has 0 spiro atoms. The SMILES string of the molecule is CC(=O)Nc1ccc(NS(C)(=O)=O)c(C(=O)Nc2cnn(Cc3ccccc3)c2)c1. The minimum Gasteiger partial charge on any atom is -0.326 e. The number of carbonyl (C=O) groups is 2. The van der Waals surface area contributed by atoms with E-state index in [-0.39, 0.29) is 17.2 Å². The number of hydrogen-bond acceptors (Lipinski definition) is 5. The first-order chi connectivity index (χ1) is 14.2. The third kappa shape index (κ3) is 5.92. The molecule has 0 aliphatic heterocycles. The summed E-state index contributed by atoms with van der Waals surface area (Å²) in [4.78, 5) is 24.1. The van der Waals surface area contributed by atoms with Crippen LogP contribution in [0.5, 0.6) is 0 Å². The van der Waals surface area contributed by atoms with Crippen LogP contribution in [0.2, 0.25) is 0 Å². The molecule has 0 bridgehead atoms. The van der Waals surface area contributed by atoms with Gasteiger partial charge in [-0.2, -0.15) is 5.10 Å². The van der Waals surface area contributed by atoms with Crippen molar-refractivity contribution in [1.82, 2.24) is 9.78 Å². The smallest absolute Gasteiger partial charge is 0.257 e. The highest BCUT2D eigenvalue weighted by Gasteiger charge is 2.16. The predicted molar refractivity (Wildman–Crippen MR) is 115 cm³/mol. The van der Waals surface area contributed by atoms with Gasteiger partial charge in [-0.25, -0.2) is 8.42 Å². The van der Waals surface area contributed by atoms with Crippen LogP contribution in [0.25, 0.3) is 0 Å². The Bertz CT molecular complexity index is 1170. The minimum absolute atomic E-state index is 0.0579. The van der Waals surface area contributed by atoms with E-state index in [4.69, 9.17) is 0 Å². The summed E-state index contributed by atoms with van der Waals surface area (Å²) >= 11 is 0. The maximum absolute atomic E-state index is 12.8. The Kier molecular flexibility index (Phi) is 6.17. The number of anilines is 3. The van der Waals surface area contributed by atoms with Crippen molar-refractivity contribution >= 4 is 38.9 Å². The largest absolute Gasteiger partial charge is 0.326 e. The Labute approximate surface area is 174 Å². The molecule has 0 aliphatic carbocycles. The third-order valence-corrected chi connectivity index (χ3v) is 4.55. The van der Waals surface area contributed by atoms with E-state index >= 15 is 0 Å². The average Bonchev–Trinajstić information content (AvgIpc) is 3.09. The van der Waals surface area contributed by atoms with Crippen molar-refractivity contribution in [1.29, 1.82) is 0 Å². The summed E-state index contributed by atoms with van der Waals surface area (Å²) in [7, 11) is -3.61. The van der Waals surface area contributed by atoms with Gasteiger partial charge in [0.2, 0.25) is 15.9 Å². The molecule has 0 radical (unpaired) electrons. The van der Waals surface area contributed by atoms with E-state index in [9.17, 15) is 18.0 Å². The monoisotopic (exact) mass is 427 g/mol. The third-order valence-electron chi connectivity index (χ3n) is 3.96. The second-order valence-corrected chi connectivity index (χ2v) is 8.43. The first kappa shape index (κ1) is 21.1. The van der Waals surface area contributed by atoms with Gasteiger partial charge in [-0.1, -0.05) is 30.3 Å². The van der Waals surface area contributed by atoms with Gasteiger partial charge in [0.25, 0.3) is 5.91 Å². The first-order valence-corrected chi connectivity index (χ1v) is 10.9. The average molecular weight is 427 g/mol. The highest BCUT2D eigenvalue weighted by molar-refractivity contribution is 7.92. The Morgan fingerprint density at radius 1 is 1.03 bits per heavy atom. The van der Waals surface area contributed by atoms with Crippen LogP contribution in [0.3, 0.4) is 0 Å². The zero-order valence-electron chi connectivity index (χ0n) is 16.4. The molecule has 0 fully saturated rings. The van der Waals surface area contributed by atoms with Crippen molar-refractivity contribution in [3.8, 4) is 0 Å². The van der Waals surface area contributed by atoms with Crippen LogP contribution in [-0.2, 0) is 21.4 Å². The van der Waals surface area contributed by atoms with E-state index in [0.29, 0.717) is 17.9 Å². The number of rotatable bonds is 7. The molecule has 1 aromatic heterocycles. The molecule has 3 rings (SSSR count). The summed E-state index contributed by atoms with van der Waals surface area (Å²) < 4.78 is 27.3. The van der Waals surface area contributed by atoms with E-state index in [0.717, 1.165) is 11.8 Å². The summed E-state index contributed by atoms with van der Waals surface area (Å²) in [6, 6.07) is 14.0. The zero-order valence-corrected chi connectivity index (χ0v) is 17.2. The van der Waals surface area contributed by atoms with Crippen LogP contribution in [0.1, 0.15) is 22.8 Å². The van der Waals surface area contributed by atoms with Crippen molar-refractivity contribution in [3.63, 3.8) is 0 Å². The van der Waals surface area contributed by atoms with Crippen LogP contribution in [0.15, 0.2) is 60.9 Å². The molecular weight excluding hydrogens is 406 g/mol. The van der Waals surface area contributed by atoms with Crippen molar-refractivity contribution in [2.45, 2.75) is 13.5 Å². The number of aromatic nitrogens is 2. The van der Waals surface area contributed by atoms with Crippen LogP contribution in [0, 0.1) is 0 Å². The molecule has 0 saturated heterocycles. The van der Waals surface area contributed by atoms with Crippen molar-refractivity contribution in [2.75, 3.05) is 21.6 Å². The fraction of sp³-hybridized carbons (Fsp3) is 0.150. The lowest BCUT2D eigenvalue weighted by atomic mass is 10.1. The number of nitrogens with zero attached hydrogens (tertiary/aromatic N) is 2. The Balaban J connectivity index is 1.82. The minimum atomic E-state index is -3.61. The fourth-order valence-corrected chi connectivity index (χ4v) is 3.36. The molecule has 156 valence electrons. The van der Waals surface area contributed by atoms with E-state index in [1.165, 1.54) is 31.3 Å². The standard InChI is InChI=1S/C20H21N5O4S/c1-14(26)22-16-8-9-19(24-30(2,28)29)18(10-16)20(27)23-17-11-21-25(13-17)12-15-6-4-3-5-7-15/h3-11,13,24H,12H2,1-2H3,(H,22,26)(H,23,27). The van der Waals surface area contributed by atoms with Gasteiger partial charge in [-0.3, -0.25) is 19.0 Å². The summed E-state index contributed by atoms with van der Waals surface area (Å²) in [5, 5.41) is 9.50. The number of nitrogens with one attached hydrogen (secondary N) is 3. The Hall–Kier alpha value is -3.66.